The number of ether oxygens (including phenoxy) is 1. The topological polar surface area (TPSA) is 69.4 Å². The van der Waals surface area contributed by atoms with E-state index in [2.05, 4.69) is 0 Å². The molecule has 0 saturated heterocycles. The van der Waals surface area contributed by atoms with Crippen molar-refractivity contribution in [2.75, 3.05) is 19.4 Å². The lowest BCUT2D eigenvalue weighted by Crippen LogP contribution is -2.07. The molecule has 0 fully saturated rings. The maximum Gasteiger partial charge on any atom is 0.151 e. The average Bonchev–Trinajstić information content (AvgIpc) is 2.21. The Kier molecular flexibility index (Phi) is 4.96. The maximum atomic E-state index is 11.2. The molecule has 0 aromatic heterocycles. The molecule has 5 heteroatoms. The summed E-state index contributed by atoms with van der Waals surface area (Å²) in [4.78, 5) is 0. The molecule has 17 heavy (non-hydrogen) atoms. The molecule has 0 saturated carbocycles. The maximum absolute atomic E-state index is 11.2. The van der Waals surface area contributed by atoms with Crippen LogP contribution < -0.4 is 10.5 Å². The molecular weight excluding hydrogens is 238 g/mol. The monoisotopic (exact) mass is 257 g/mol. The van der Waals surface area contributed by atoms with Crippen LogP contribution in [-0.4, -0.2) is 27.8 Å². The Morgan fingerprint density at radius 2 is 2.06 bits per heavy atom. The van der Waals surface area contributed by atoms with Gasteiger partial charge >= 0.3 is 0 Å². The van der Waals surface area contributed by atoms with Crippen molar-refractivity contribution in [2.45, 2.75) is 19.1 Å². The standard InChI is InChI=1S/C12H19NO3S/c1-10-4-5-11(9-17(2,14)15)8-12(10)16-7-3-6-13/h4-5,8H,3,6-7,9,13H2,1-2H3. The van der Waals surface area contributed by atoms with Gasteiger partial charge in [0.1, 0.15) is 5.75 Å². The second kappa shape index (κ2) is 6.02. The number of aryl methyl sites for hydroxylation is 1. The van der Waals surface area contributed by atoms with Crippen LogP contribution in [0.2, 0.25) is 0 Å². The van der Waals surface area contributed by atoms with Crippen molar-refractivity contribution in [1.82, 2.24) is 0 Å². The van der Waals surface area contributed by atoms with E-state index in [0.717, 1.165) is 23.3 Å². The van der Waals surface area contributed by atoms with Crippen molar-refractivity contribution >= 4 is 9.84 Å². The highest BCUT2D eigenvalue weighted by molar-refractivity contribution is 7.89. The van der Waals surface area contributed by atoms with Crippen LogP contribution in [0, 0.1) is 6.92 Å². The van der Waals surface area contributed by atoms with Gasteiger partial charge in [0.25, 0.3) is 0 Å². The fourth-order valence-corrected chi connectivity index (χ4v) is 2.24. The lowest BCUT2D eigenvalue weighted by molar-refractivity contribution is 0.311. The van der Waals surface area contributed by atoms with Crippen molar-refractivity contribution in [3.63, 3.8) is 0 Å². The van der Waals surface area contributed by atoms with Crippen LogP contribution in [0.1, 0.15) is 17.5 Å². The average molecular weight is 257 g/mol. The Morgan fingerprint density at radius 3 is 2.65 bits per heavy atom. The predicted octanol–water partition coefficient (Wildman–Crippen LogP) is 1.27. The SMILES string of the molecule is Cc1ccc(CS(C)(=O)=O)cc1OCCCN. The molecule has 1 aromatic carbocycles. The van der Waals surface area contributed by atoms with Gasteiger partial charge in [-0.3, -0.25) is 0 Å². The summed E-state index contributed by atoms with van der Waals surface area (Å²) in [6, 6.07) is 5.47. The van der Waals surface area contributed by atoms with E-state index in [0.29, 0.717) is 13.2 Å². The van der Waals surface area contributed by atoms with Crippen molar-refractivity contribution in [2.24, 2.45) is 5.73 Å². The Balaban J connectivity index is 2.79. The third kappa shape index (κ3) is 5.19. The lowest BCUT2D eigenvalue weighted by atomic mass is 10.1. The number of hydrogen-bond acceptors (Lipinski definition) is 4. The normalized spacial score (nSPS) is 11.5. The molecule has 0 unspecified atom stereocenters. The Hall–Kier alpha value is -1.07. The van der Waals surface area contributed by atoms with E-state index in [1.165, 1.54) is 6.26 Å². The van der Waals surface area contributed by atoms with Gasteiger partial charge in [-0.25, -0.2) is 8.42 Å². The zero-order chi connectivity index (χ0) is 12.9. The van der Waals surface area contributed by atoms with Gasteiger partial charge in [-0.05, 0) is 37.1 Å². The van der Waals surface area contributed by atoms with E-state index >= 15 is 0 Å². The summed E-state index contributed by atoms with van der Waals surface area (Å²) in [7, 11) is -3.01. The molecule has 0 aliphatic rings. The van der Waals surface area contributed by atoms with Crippen LogP contribution in [0.5, 0.6) is 5.75 Å². The van der Waals surface area contributed by atoms with Crippen molar-refractivity contribution in [1.29, 1.82) is 0 Å². The Bertz CT molecular complexity index is 469. The predicted molar refractivity (Wildman–Crippen MR) is 68.9 cm³/mol. The lowest BCUT2D eigenvalue weighted by Gasteiger charge is -2.10. The molecule has 0 bridgehead atoms. The summed E-state index contributed by atoms with van der Waals surface area (Å²) >= 11 is 0. The molecule has 0 atom stereocenters. The molecule has 4 nitrogen and oxygen atoms in total. The van der Waals surface area contributed by atoms with Gasteiger partial charge in [0.2, 0.25) is 0 Å². The molecule has 0 aliphatic heterocycles. The van der Waals surface area contributed by atoms with Gasteiger partial charge < -0.3 is 10.5 Å². The largest absolute Gasteiger partial charge is 0.493 e. The van der Waals surface area contributed by atoms with Gasteiger partial charge in [-0.1, -0.05) is 12.1 Å². The Morgan fingerprint density at radius 1 is 1.35 bits per heavy atom. The van der Waals surface area contributed by atoms with E-state index in [4.69, 9.17) is 10.5 Å². The van der Waals surface area contributed by atoms with Gasteiger partial charge in [0.15, 0.2) is 9.84 Å². The zero-order valence-corrected chi connectivity index (χ0v) is 11.1. The molecule has 0 spiro atoms. The molecule has 0 aliphatic carbocycles. The highest BCUT2D eigenvalue weighted by Gasteiger charge is 2.07. The first-order chi connectivity index (χ1) is 7.92. The number of rotatable bonds is 6. The molecule has 96 valence electrons. The summed E-state index contributed by atoms with van der Waals surface area (Å²) in [5, 5.41) is 0. The second-order valence-electron chi connectivity index (χ2n) is 4.16. The summed E-state index contributed by atoms with van der Waals surface area (Å²) in [6.07, 6.45) is 2.01. The first-order valence-corrected chi connectivity index (χ1v) is 7.58. The van der Waals surface area contributed by atoms with Crippen LogP contribution >= 0.6 is 0 Å². The highest BCUT2D eigenvalue weighted by Crippen LogP contribution is 2.20. The molecular formula is C12H19NO3S. The van der Waals surface area contributed by atoms with Crippen LogP contribution in [0.25, 0.3) is 0 Å². The summed E-state index contributed by atoms with van der Waals surface area (Å²) < 4.78 is 28.0. The van der Waals surface area contributed by atoms with Crippen molar-refractivity contribution in [3.05, 3.63) is 29.3 Å². The van der Waals surface area contributed by atoms with E-state index in [1.54, 1.807) is 6.07 Å². The highest BCUT2D eigenvalue weighted by atomic mass is 32.2. The number of sulfone groups is 1. The molecule has 2 N–H and O–H groups in total. The summed E-state index contributed by atoms with van der Waals surface area (Å²) in [5.74, 6) is 0.778. The van der Waals surface area contributed by atoms with E-state index < -0.39 is 9.84 Å². The van der Waals surface area contributed by atoms with E-state index in [-0.39, 0.29) is 5.75 Å². The molecule has 0 heterocycles. The smallest absolute Gasteiger partial charge is 0.151 e. The van der Waals surface area contributed by atoms with Crippen LogP contribution in [0.4, 0.5) is 0 Å². The quantitative estimate of drug-likeness (QED) is 0.779. The van der Waals surface area contributed by atoms with E-state index in [1.807, 2.05) is 19.1 Å². The third-order valence-corrected chi connectivity index (χ3v) is 3.15. The minimum atomic E-state index is -3.01. The van der Waals surface area contributed by atoms with Crippen LogP contribution in [-0.2, 0) is 15.6 Å². The first kappa shape index (κ1) is 14.0. The van der Waals surface area contributed by atoms with Crippen molar-refractivity contribution < 1.29 is 13.2 Å². The zero-order valence-electron chi connectivity index (χ0n) is 10.3. The van der Waals surface area contributed by atoms with Gasteiger partial charge in [0.05, 0.1) is 12.4 Å². The first-order valence-electron chi connectivity index (χ1n) is 5.52. The Labute approximate surface area is 103 Å². The minimum Gasteiger partial charge on any atom is -0.493 e. The summed E-state index contributed by atoms with van der Waals surface area (Å²) in [5.41, 5.74) is 7.13. The molecule has 1 rings (SSSR count). The van der Waals surface area contributed by atoms with E-state index in [9.17, 15) is 8.42 Å². The second-order valence-corrected chi connectivity index (χ2v) is 6.30. The van der Waals surface area contributed by atoms with Gasteiger partial charge in [0, 0.05) is 6.26 Å². The number of nitrogens with two attached hydrogens (primary N) is 1. The van der Waals surface area contributed by atoms with Gasteiger partial charge in [-0.15, -0.1) is 0 Å². The molecule has 1 aromatic rings. The number of benzene rings is 1. The fourth-order valence-electron chi connectivity index (χ4n) is 1.46. The molecule has 0 amide bonds. The van der Waals surface area contributed by atoms with Crippen LogP contribution in [0.15, 0.2) is 18.2 Å². The molecule has 0 radical (unpaired) electrons. The fraction of sp³-hybridized carbons (Fsp3) is 0.500. The number of hydrogen-bond donors (Lipinski definition) is 1. The minimum absolute atomic E-state index is 0.0422. The van der Waals surface area contributed by atoms with Gasteiger partial charge in [-0.2, -0.15) is 0 Å². The third-order valence-electron chi connectivity index (χ3n) is 2.29. The van der Waals surface area contributed by atoms with Crippen molar-refractivity contribution in [3.8, 4) is 5.75 Å². The summed E-state index contributed by atoms with van der Waals surface area (Å²) in [6.45, 7) is 3.07. The van der Waals surface area contributed by atoms with Crippen LogP contribution in [0.3, 0.4) is 0 Å².